The number of anilines is 3. The Kier molecular flexibility index (Phi) is 6.32. The third-order valence-corrected chi connectivity index (χ3v) is 5.09. The van der Waals surface area contributed by atoms with Gasteiger partial charge in [-0.3, -0.25) is 0 Å². The van der Waals surface area contributed by atoms with Crippen LogP contribution in [-0.4, -0.2) is 41.0 Å². The van der Waals surface area contributed by atoms with Crippen LogP contribution in [0.25, 0.3) is 11.1 Å². The Labute approximate surface area is 171 Å². The molecular weight excluding hydrogens is 365 g/mol. The number of likely N-dealkylation sites (tertiary alicyclic amines) is 1. The number of halogens is 1. The van der Waals surface area contributed by atoms with Gasteiger partial charge in [0, 0.05) is 18.4 Å². The molecule has 1 aliphatic rings. The molecule has 0 aliphatic carbocycles. The van der Waals surface area contributed by atoms with Gasteiger partial charge in [0.2, 0.25) is 5.95 Å². The average Bonchev–Trinajstić information content (AvgIpc) is 3.25. The van der Waals surface area contributed by atoms with Crippen molar-refractivity contribution in [3.8, 4) is 11.1 Å². The third kappa shape index (κ3) is 5.51. The predicted molar refractivity (Wildman–Crippen MR) is 116 cm³/mol. The Morgan fingerprint density at radius 1 is 0.966 bits per heavy atom. The molecule has 1 aliphatic heterocycles. The summed E-state index contributed by atoms with van der Waals surface area (Å²) in [6, 6.07) is 16.3. The summed E-state index contributed by atoms with van der Waals surface area (Å²) in [6.45, 7) is 4.49. The van der Waals surface area contributed by atoms with Crippen molar-refractivity contribution in [3.63, 3.8) is 0 Å². The highest BCUT2D eigenvalue weighted by molar-refractivity contribution is 5.69. The van der Waals surface area contributed by atoms with Crippen molar-refractivity contribution in [1.82, 2.24) is 14.9 Å². The van der Waals surface area contributed by atoms with Crippen LogP contribution in [0.1, 0.15) is 19.3 Å². The minimum Gasteiger partial charge on any atom is -0.370 e. The molecule has 1 fully saturated rings. The number of rotatable bonds is 8. The second kappa shape index (κ2) is 9.47. The van der Waals surface area contributed by atoms with Crippen molar-refractivity contribution in [2.75, 3.05) is 36.8 Å². The Hall–Kier alpha value is -2.99. The first kappa shape index (κ1) is 19.3. The molecule has 0 atom stereocenters. The maximum Gasteiger partial charge on any atom is 0.229 e. The standard InChI is InChI=1S/C23H26FN5/c24-20-8-3-6-18(16-20)19-7-4-9-21(17-19)27-23-26-12-10-22(28-23)25-11-5-15-29-13-1-2-14-29/h3-4,6-10,12,16-17H,1-2,5,11,13-15H2,(H2,25,26,27,28). The number of nitrogens with one attached hydrogen (secondary N) is 2. The molecule has 150 valence electrons. The van der Waals surface area contributed by atoms with Gasteiger partial charge in [-0.05, 0) is 80.4 Å². The summed E-state index contributed by atoms with van der Waals surface area (Å²) < 4.78 is 13.5. The van der Waals surface area contributed by atoms with E-state index in [1.165, 1.54) is 38.1 Å². The van der Waals surface area contributed by atoms with Gasteiger partial charge in [0.25, 0.3) is 0 Å². The summed E-state index contributed by atoms with van der Waals surface area (Å²) >= 11 is 0. The van der Waals surface area contributed by atoms with E-state index in [0.717, 1.165) is 42.1 Å². The normalized spacial score (nSPS) is 14.1. The van der Waals surface area contributed by atoms with Gasteiger partial charge in [0.15, 0.2) is 0 Å². The number of hydrogen-bond acceptors (Lipinski definition) is 5. The fraction of sp³-hybridized carbons (Fsp3) is 0.304. The molecule has 0 bridgehead atoms. The molecule has 0 radical (unpaired) electrons. The Balaban J connectivity index is 1.35. The van der Waals surface area contributed by atoms with Crippen LogP contribution < -0.4 is 10.6 Å². The highest BCUT2D eigenvalue weighted by atomic mass is 19.1. The van der Waals surface area contributed by atoms with E-state index in [9.17, 15) is 4.39 Å². The fourth-order valence-electron chi connectivity index (χ4n) is 3.62. The molecule has 2 N–H and O–H groups in total. The van der Waals surface area contributed by atoms with E-state index in [4.69, 9.17) is 0 Å². The van der Waals surface area contributed by atoms with Gasteiger partial charge in [0.1, 0.15) is 11.6 Å². The summed E-state index contributed by atoms with van der Waals surface area (Å²) in [4.78, 5) is 11.4. The van der Waals surface area contributed by atoms with Crippen molar-refractivity contribution in [2.24, 2.45) is 0 Å². The summed E-state index contributed by atoms with van der Waals surface area (Å²) in [7, 11) is 0. The van der Waals surface area contributed by atoms with Gasteiger partial charge < -0.3 is 15.5 Å². The lowest BCUT2D eigenvalue weighted by Gasteiger charge is -2.14. The highest BCUT2D eigenvalue weighted by Gasteiger charge is 2.10. The SMILES string of the molecule is Fc1cccc(-c2cccc(Nc3nccc(NCCCN4CCCC4)n3)c2)c1. The molecule has 2 heterocycles. The van der Waals surface area contributed by atoms with Crippen molar-refractivity contribution in [3.05, 3.63) is 66.6 Å². The zero-order chi connectivity index (χ0) is 19.9. The molecule has 2 aromatic carbocycles. The molecule has 3 aromatic rings. The van der Waals surface area contributed by atoms with Crippen LogP contribution in [0.5, 0.6) is 0 Å². The number of nitrogens with zero attached hydrogens (tertiary/aromatic N) is 3. The number of benzene rings is 2. The molecule has 1 saturated heterocycles. The molecule has 0 unspecified atom stereocenters. The monoisotopic (exact) mass is 391 g/mol. The lowest BCUT2D eigenvalue weighted by atomic mass is 10.1. The largest absolute Gasteiger partial charge is 0.370 e. The van der Waals surface area contributed by atoms with Crippen LogP contribution in [0.15, 0.2) is 60.8 Å². The van der Waals surface area contributed by atoms with Crippen LogP contribution in [0.4, 0.5) is 21.8 Å². The second-order valence-corrected chi connectivity index (χ2v) is 7.31. The summed E-state index contributed by atoms with van der Waals surface area (Å²) in [6.07, 6.45) is 5.50. The number of aromatic nitrogens is 2. The van der Waals surface area contributed by atoms with Gasteiger partial charge in [-0.15, -0.1) is 0 Å². The van der Waals surface area contributed by atoms with Crippen molar-refractivity contribution < 1.29 is 4.39 Å². The molecule has 1 aromatic heterocycles. The zero-order valence-corrected chi connectivity index (χ0v) is 16.4. The van der Waals surface area contributed by atoms with Crippen LogP contribution in [0, 0.1) is 5.82 Å². The third-order valence-electron chi connectivity index (χ3n) is 5.09. The topological polar surface area (TPSA) is 53.1 Å². The van der Waals surface area contributed by atoms with E-state index in [-0.39, 0.29) is 5.82 Å². The molecule has 4 rings (SSSR count). The smallest absolute Gasteiger partial charge is 0.229 e. The van der Waals surface area contributed by atoms with Crippen LogP contribution in [-0.2, 0) is 0 Å². The quantitative estimate of drug-likeness (QED) is 0.534. The first-order valence-electron chi connectivity index (χ1n) is 10.2. The van der Waals surface area contributed by atoms with Gasteiger partial charge >= 0.3 is 0 Å². The lowest BCUT2D eigenvalue weighted by Crippen LogP contribution is -2.22. The van der Waals surface area contributed by atoms with E-state index in [2.05, 4.69) is 25.5 Å². The summed E-state index contributed by atoms with van der Waals surface area (Å²) in [5.74, 6) is 1.10. The molecule has 0 spiro atoms. The van der Waals surface area contributed by atoms with E-state index in [0.29, 0.717) is 5.95 Å². The second-order valence-electron chi connectivity index (χ2n) is 7.31. The maximum absolute atomic E-state index is 13.5. The average molecular weight is 391 g/mol. The van der Waals surface area contributed by atoms with Crippen LogP contribution >= 0.6 is 0 Å². The summed E-state index contributed by atoms with van der Waals surface area (Å²) in [5.41, 5.74) is 2.63. The predicted octanol–water partition coefficient (Wildman–Crippen LogP) is 4.92. The van der Waals surface area contributed by atoms with Gasteiger partial charge in [-0.25, -0.2) is 9.37 Å². The van der Waals surface area contributed by atoms with Crippen molar-refractivity contribution in [2.45, 2.75) is 19.3 Å². The summed E-state index contributed by atoms with van der Waals surface area (Å²) in [5, 5.41) is 6.62. The molecule has 6 heteroatoms. The molecule has 0 saturated carbocycles. The minimum absolute atomic E-state index is 0.243. The van der Waals surface area contributed by atoms with Crippen molar-refractivity contribution in [1.29, 1.82) is 0 Å². The van der Waals surface area contributed by atoms with E-state index < -0.39 is 0 Å². The van der Waals surface area contributed by atoms with Gasteiger partial charge in [0.05, 0.1) is 0 Å². The lowest BCUT2D eigenvalue weighted by molar-refractivity contribution is 0.337. The molecule has 5 nitrogen and oxygen atoms in total. The zero-order valence-electron chi connectivity index (χ0n) is 16.4. The van der Waals surface area contributed by atoms with Crippen LogP contribution in [0.3, 0.4) is 0 Å². The van der Waals surface area contributed by atoms with E-state index in [1.807, 2.05) is 36.4 Å². The minimum atomic E-state index is -0.243. The van der Waals surface area contributed by atoms with Crippen LogP contribution in [0.2, 0.25) is 0 Å². The molecular formula is C23H26FN5. The highest BCUT2D eigenvalue weighted by Crippen LogP contribution is 2.24. The fourth-order valence-corrected chi connectivity index (χ4v) is 3.62. The van der Waals surface area contributed by atoms with Gasteiger partial charge in [-0.1, -0.05) is 24.3 Å². The molecule has 29 heavy (non-hydrogen) atoms. The number of hydrogen-bond donors (Lipinski definition) is 2. The Morgan fingerprint density at radius 2 is 1.76 bits per heavy atom. The van der Waals surface area contributed by atoms with Crippen molar-refractivity contribution >= 4 is 17.5 Å². The van der Waals surface area contributed by atoms with E-state index in [1.54, 1.807) is 12.3 Å². The Morgan fingerprint density at radius 3 is 2.59 bits per heavy atom. The first-order chi connectivity index (χ1) is 14.3. The Bertz CT molecular complexity index is 940. The first-order valence-corrected chi connectivity index (χ1v) is 10.2. The maximum atomic E-state index is 13.5. The molecule has 0 amide bonds. The van der Waals surface area contributed by atoms with E-state index >= 15 is 0 Å². The van der Waals surface area contributed by atoms with Gasteiger partial charge in [-0.2, -0.15) is 4.98 Å².